The van der Waals surface area contributed by atoms with E-state index in [9.17, 15) is 5.26 Å². The lowest BCUT2D eigenvalue weighted by molar-refractivity contribution is 0.669. The normalized spacial score (nSPS) is 11.6. The lowest BCUT2D eigenvalue weighted by Gasteiger charge is -2.13. The van der Waals surface area contributed by atoms with Crippen molar-refractivity contribution in [3.8, 4) is 28.3 Å². The van der Waals surface area contributed by atoms with Crippen LogP contribution in [0, 0.1) is 11.3 Å². The van der Waals surface area contributed by atoms with Gasteiger partial charge in [0.05, 0.1) is 11.6 Å². The van der Waals surface area contributed by atoms with Crippen LogP contribution in [0.4, 0.5) is 0 Å². The van der Waals surface area contributed by atoms with Crippen LogP contribution in [-0.4, -0.2) is 0 Å². The largest absolute Gasteiger partial charge is 0.456 e. The highest BCUT2D eigenvalue weighted by Gasteiger charge is 2.12. The van der Waals surface area contributed by atoms with Gasteiger partial charge < -0.3 is 4.42 Å². The highest BCUT2D eigenvalue weighted by Crippen LogP contribution is 2.39. The minimum Gasteiger partial charge on any atom is -0.456 e. The first-order valence-corrected chi connectivity index (χ1v) is 13.1. The smallest absolute Gasteiger partial charge is 0.135 e. The molecule has 0 aliphatic carbocycles. The van der Waals surface area contributed by atoms with Crippen molar-refractivity contribution < 1.29 is 4.42 Å². The molecule has 180 valence electrons. The zero-order valence-electron chi connectivity index (χ0n) is 21.0. The molecule has 0 radical (unpaired) electrons. The molecular formula is C37H21NO. The Kier molecular flexibility index (Phi) is 4.62. The SMILES string of the molecule is N#Cc1ccc2oc3ccc(-c4ccc(-c5cc6c7ccccc7ccc6c6ccccc56)cc4)cc3c2c1. The van der Waals surface area contributed by atoms with E-state index in [1.165, 1.54) is 43.4 Å². The fourth-order valence-electron chi connectivity index (χ4n) is 5.97. The summed E-state index contributed by atoms with van der Waals surface area (Å²) in [5.41, 5.74) is 6.95. The van der Waals surface area contributed by atoms with Crippen molar-refractivity contribution in [1.82, 2.24) is 0 Å². The molecule has 0 saturated carbocycles. The van der Waals surface area contributed by atoms with Crippen molar-refractivity contribution in [2.75, 3.05) is 0 Å². The van der Waals surface area contributed by atoms with E-state index in [0.717, 1.165) is 33.1 Å². The molecule has 0 fully saturated rings. The Labute approximate surface area is 225 Å². The molecule has 0 saturated heterocycles. The molecule has 39 heavy (non-hydrogen) atoms. The molecule has 0 aliphatic rings. The number of nitriles is 1. The Morgan fingerprint density at radius 1 is 0.436 bits per heavy atom. The van der Waals surface area contributed by atoms with E-state index < -0.39 is 0 Å². The van der Waals surface area contributed by atoms with Crippen LogP contribution in [-0.2, 0) is 0 Å². The molecule has 1 aromatic heterocycles. The molecule has 8 rings (SSSR count). The molecule has 0 bridgehead atoms. The van der Waals surface area contributed by atoms with Crippen LogP contribution < -0.4 is 0 Å². The van der Waals surface area contributed by atoms with Gasteiger partial charge in [-0.2, -0.15) is 5.26 Å². The van der Waals surface area contributed by atoms with Crippen LogP contribution >= 0.6 is 0 Å². The maximum absolute atomic E-state index is 9.36. The summed E-state index contributed by atoms with van der Waals surface area (Å²) in [6.07, 6.45) is 0. The maximum atomic E-state index is 9.36. The number of hydrogen-bond donors (Lipinski definition) is 0. The van der Waals surface area contributed by atoms with Gasteiger partial charge in [-0.1, -0.05) is 91.0 Å². The highest BCUT2D eigenvalue weighted by molar-refractivity contribution is 6.21. The first kappa shape index (κ1) is 21.7. The fraction of sp³-hybridized carbons (Fsp3) is 0. The third kappa shape index (κ3) is 3.34. The summed E-state index contributed by atoms with van der Waals surface area (Å²) in [4.78, 5) is 0. The second-order valence-electron chi connectivity index (χ2n) is 10.1. The topological polar surface area (TPSA) is 36.9 Å². The molecule has 0 amide bonds. The van der Waals surface area contributed by atoms with Crippen LogP contribution in [0.5, 0.6) is 0 Å². The summed E-state index contributed by atoms with van der Waals surface area (Å²) in [7, 11) is 0. The van der Waals surface area contributed by atoms with Crippen molar-refractivity contribution >= 4 is 54.3 Å². The zero-order valence-corrected chi connectivity index (χ0v) is 21.0. The number of furan rings is 1. The second-order valence-corrected chi connectivity index (χ2v) is 10.1. The molecule has 2 nitrogen and oxygen atoms in total. The third-order valence-corrected chi connectivity index (χ3v) is 7.89. The van der Waals surface area contributed by atoms with E-state index in [2.05, 4.69) is 109 Å². The van der Waals surface area contributed by atoms with Crippen molar-refractivity contribution in [2.45, 2.75) is 0 Å². The van der Waals surface area contributed by atoms with Gasteiger partial charge in [-0.05, 0) is 91.0 Å². The molecule has 0 N–H and O–H groups in total. The van der Waals surface area contributed by atoms with Crippen LogP contribution in [0.25, 0.3) is 76.5 Å². The number of nitrogens with zero attached hydrogens (tertiary/aromatic N) is 1. The van der Waals surface area contributed by atoms with Crippen LogP contribution in [0.15, 0.2) is 132 Å². The number of benzene rings is 7. The van der Waals surface area contributed by atoms with E-state index in [4.69, 9.17) is 4.42 Å². The second kappa shape index (κ2) is 8.31. The van der Waals surface area contributed by atoms with E-state index in [1.54, 1.807) is 6.07 Å². The average Bonchev–Trinajstić information content (AvgIpc) is 3.37. The van der Waals surface area contributed by atoms with Gasteiger partial charge in [0.25, 0.3) is 0 Å². The standard InChI is InChI=1S/C37H21NO/c38-22-23-9-17-36-34(19-23)35-20-27(15-18-37(35)39-36)24-10-12-26(13-11-24)32-21-33-28-6-2-1-5-25(28)14-16-31(33)29-7-3-4-8-30(29)32/h1-21H. The third-order valence-electron chi connectivity index (χ3n) is 7.89. The van der Waals surface area contributed by atoms with Crippen molar-refractivity contribution in [3.63, 3.8) is 0 Å². The summed E-state index contributed by atoms with van der Waals surface area (Å²) in [6, 6.07) is 47.1. The summed E-state index contributed by atoms with van der Waals surface area (Å²) in [5.74, 6) is 0. The summed E-state index contributed by atoms with van der Waals surface area (Å²) >= 11 is 0. The van der Waals surface area contributed by atoms with Crippen molar-refractivity contribution in [2.24, 2.45) is 0 Å². The molecule has 0 aliphatic heterocycles. The Bertz CT molecular complexity index is 2280. The van der Waals surface area contributed by atoms with Gasteiger partial charge in [0.2, 0.25) is 0 Å². The van der Waals surface area contributed by atoms with E-state index in [1.807, 2.05) is 18.2 Å². The van der Waals surface area contributed by atoms with E-state index >= 15 is 0 Å². The van der Waals surface area contributed by atoms with Gasteiger partial charge >= 0.3 is 0 Å². The quantitative estimate of drug-likeness (QED) is 0.224. The minimum atomic E-state index is 0.635. The number of hydrogen-bond acceptors (Lipinski definition) is 2. The molecular weight excluding hydrogens is 474 g/mol. The molecule has 0 spiro atoms. The van der Waals surface area contributed by atoms with Gasteiger partial charge in [-0.25, -0.2) is 0 Å². The van der Waals surface area contributed by atoms with E-state index in [-0.39, 0.29) is 0 Å². The summed E-state index contributed by atoms with van der Waals surface area (Å²) in [5, 5.41) is 19.0. The Hall–Kier alpha value is -5.39. The highest BCUT2D eigenvalue weighted by atomic mass is 16.3. The van der Waals surface area contributed by atoms with Crippen LogP contribution in [0.1, 0.15) is 5.56 Å². The molecule has 1 heterocycles. The first-order chi connectivity index (χ1) is 19.3. The lowest BCUT2D eigenvalue weighted by atomic mass is 9.90. The van der Waals surface area contributed by atoms with Gasteiger partial charge in [0, 0.05) is 10.8 Å². The van der Waals surface area contributed by atoms with Crippen molar-refractivity contribution in [1.29, 1.82) is 5.26 Å². The summed E-state index contributed by atoms with van der Waals surface area (Å²) in [6.45, 7) is 0. The predicted octanol–water partition coefficient (Wildman–Crippen LogP) is 10.3. The van der Waals surface area contributed by atoms with Crippen molar-refractivity contribution in [3.05, 3.63) is 133 Å². The van der Waals surface area contributed by atoms with Gasteiger partial charge in [0.15, 0.2) is 0 Å². The average molecular weight is 496 g/mol. The Balaban J connectivity index is 1.28. The molecule has 0 atom stereocenters. The van der Waals surface area contributed by atoms with E-state index in [0.29, 0.717) is 5.56 Å². The lowest BCUT2D eigenvalue weighted by Crippen LogP contribution is -1.86. The zero-order chi connectivity index (χ0) is 25.9. The van der Waals surface area contributed by atoms with Gasteiger partial charge in [0.1, 0.15) is 11.2 Å². The molecule has 7 aromatic carbocycles. The maximum Gasteiger partial charge on any atom is 0.135 e. The number of fused-ring (bicyclic) bond motifs is 8. The minimum absolute atomic E-state index is 0.635. The van der Waals surface area contributed by atoms with Crippen LogP contribution in [0.3, 0.4) is 0 Å². The molecule has 0 unspecified atom stereocenters. The monoisotopic (exact) mass is 495 g/mol. The first-order valence-electron chi connectivity index (χ1n) is 13.1. The molecule has 8 aromatic rings. The van der Waals surface area contributed by atoms with Crippen LogP contribution in [0.2, 0.25) is 0 Å². The predicted molar refractivity (Wildman–Crippen MR) is 162 cm³/mol. The van der Waals surface area contributed by atoms with Gasteiger partial charge in [-0.3, -0.25) is 0 Å². The summed E-state index contributed by atoms with van der Waals surface area (Å²) < 4.78 is 6.02. The van der Waals surface area contributed by atoms with Gasteiger partial charge in [-0.15, -0.1) is 0 Å². The fourth-order valence-corrected chi connectivity index (χ4v) is 5.97. The Morgan fingerprint density at radius 3 is 1.90 bits per heavy atom. The molecule has 2 heteroatoms. The Morgan fingerprint density at radius 2 is 1.08 bits per heavy atom. The number of rotatable bonds is 2.